The van der Waals surface area contributed by atoms with E-state index in [0.29, 0.717) is 36.0 Å². The van der Waals surface area contributed by atoms with Crippen LogP contribution in [0.2, 0.25) is 0 Å². The summed E-state index contributed by atoms with van der Waals surface area (Å²) in [6.07, 6.45) is -1.85. The molecule has 2 N–H and O–H groups in total. The van der Waals surface area contributed by atoms with E-state index in [2.05, 4.69) is 30.6 Å². The Bertz CT molecular complexity index is 1040. The van der Waals surface area contributed by atoms with Crippen molar-refractivity contribution in [2.75, 3.05) is 29.7 Å². The van der Waals surface area contributed by atoms with Crippen LogP contribution in [0.25, 0.3) is 0 Å². The van der Waals surface area contributed by atoms with Gasteiger partial charge in [-0.05, 0) is 13.8 Å². The molecule has 2 aromatic rings. The normalized spacial score (nSPS) is 20.8. The molecule has 1 saturated carbocycles. The number of methoxy groups -OCH3 is 1. The van der Waals surface area contributed by atoms with Gasteiger partial charge in [-0.3, -0.25) is 4.79 Å². The Morgan fingerprint density at radius 2 is 1.76 bits per heavy atom. The second-order valence-electron chi connectivity index (χ2n) is 8.11. The van der Waals surface area contributed by atoms with E-state index in [-0.39, 0.29) is 71.8 Å². The number of ether oxygens (including phenoxy) is 2. The van der Waals surface area contributed by atoms with Crippen LogP contribution >= 0.6 is 27.0 Å². The van der Waals surface area contributed by atoms with Crippen LogP contribution in [0, 0.1) is 6.92 Å². The molecule has 15 heteroatoms. The van der Waals surface area contributed by atoms with Crippen molar-refractivity contribution in [1.29, 1.82) is 0 Å². The number of alkyl halides is 3. The van der Waals surface area contributed by atoms with Gasteiger partial charge >= 0.3 is 6.18 Å². The Labute approximate surface area is 229 Å². The van der Waals surface area contributed by atoms with Gasteiger partial charge in [0.2, 0.25) is 17.7 Å². The molecule has 4 rings (SSSR count). The van der Waals surface area contributed by atoms with E-state index in [1.807, 2.05) is 6.92 Å². The summed E-state index contributed by atoms with van der Waals surface area (Å²) in [7, 11) is 3.33. The van der Waals surface area contributed by atoms with Crippen LogP contribution in [-0.4, -0.2) is 64.3 Å². The number of halogens is 3. The van der Waals surface area contributed by atoms with Gasteiger partial charge in [0.1, 0.15) is 17.8 Å². The van der Waals surface area contributed by atoms with Gasteiger partial charge in [-0.2, -0.15) is 45.1 Å². The first kappa shape index (κ1) is 34.5. The SMILES string of the molecule is C.C.CO[C@@H](C)[C@H]1C(=O)Nc2c(C)nc(NC3CC(Oc4cnc(C(F)(F)F)nc4)C3)nc2N1C.S.S. The number of amides is 1. The molecule has 2 aromatic heterocycles. The Morgan fingerprint density at radius 1 is 1.16 bits per heavy atom. The number of likely N-dealkylation sites (N-methyl/N-ethyl adjacent to an activating group) is 1. The molecule has 2 atom stereocenters. The molecule has 1 aliphatic carbocycles. The lowest BCUT2D eigenvalue weighted by Gasteiger charge is -2.38. The van der Waals surface area contributed by atoms with Gasteiger partial charge in [0.05, 0.1) is 24.2 Å². The number of aryl methyl sites for hydroxylation is 1. The number of anilines is 3. The van der Waals surface area contributed by atoms with Crippen LogP contribution in [0.1, 0.15) is 46.1 Å². The maximum absolute atomic E-state index is 12.6. The average molecular weight is 568 g/mol. The zero-order valence-electron chi connectivity index (χ0n) is 19.5. The monoisotopic (exact) mass is 567 g/mol. The number of nitrogens with one attached hydrogen (secondary N) is 2. The summed E-state index contributed by atoms with van der Waals surface area (Å²) in [6, 6.07) is -0.503. The lowest BCUT2D eigenvalue weighted by atomic mass is 9.89. The van der Waals surface area contributed by atoms with E-state index >= 15 is 0 Å². The Kier molecular flexibility index (Phi) is 12.4. The number of rotatable bonds is 6. The van der Waals surface area contributed by atoms with Gasteiger partial charge < -0.3 is 25.0 Å². The molecule has 0 spiro atoms. The van der Waals surface area contributed by atoms with E-state index in [1.54, 1.807) is 26.0 Å². The topological polar surface area (TPSA) is 114 Å². The molecule has 3 heterocycles. The van der Waals surface area contributed by atoms with Crippen LogP contribution in [0.3, 0.4) is 0 Å². The van der Waals surface area contributed by atoms with Gasteiger partial charge in [0.25, 0.3) is 0 Å². The summed E-state index contributed by atoms with van der Waals surface area (Å²) in [5, 5.41) is 6.12. The lowest BCUT2D eigenvalue weighted by molar-refractivity contribution is -0.145. The lowest BCUT2D eigenvalue weighted by Crippen LogP contribution is -2.53. The van der Waals surface area contributed by atoms with Crippen LogP contribution < -0.4 is 20.3 Å². The Balaban J connectivity index is 0.00000324. The van der Waals surface area contributed by atoms with E-state index in [1.165, 1.54) is 0 Å². The molecule has 10 nitrogen and oxygen atoms in total. The van der Waals surface area contributed by atoms with E-state index in [4.69, 9.17) is 9.47 Å². The van der Waals surface area contributed by atoms with E-state index in [9.17, 15) is 18.0 Å². The van der Waals surface area contributed by atoms with E-state index < -0.39 is 18.0 Å². The first-order valence-corrected chi connectivity index (χ1v) is 10.3. The van der Waals surface area contributed by atoms with Crippen molar-refractivity contribution in [3.05, 3.63) is 23.9 Å². The molecule has 0 saturated heterocycles. The fraction of sp³-hybridized carbons (Fsp3) is 0.591. The highest BCUT2D eigenvalue weighted by atomic mass is 32.1. The van der Waals surface area contributed by atoms with Crippen molar-refractivity contribution in [2.24, 2.45) is 0 Å². The third-order valence-corrected chi connectivity index (χ3v) is 5.77. The molecule has 0 aromatic carbocycles. The molecule has 1 fully saturated rings. The number of hydrogen-bond donors (Lipinski definition) is 2. The quantitative estimate of drug-likeness (QED) is 0.536. The fourth-order valence-corrected chi connectivity index (χ4v) is 3.86. The summed E-state index contributed by atoms with van der Waals surface area (Å²) < 4.78 is 48.7. The number of nitrogens with zero attached hydrogens (tertiary/aromatic N) is 5. The van der Waals surface area contributed by atoms with Crippen molar-refractivity contribution in [3.8, 4) is 5.75 Å². The molecule has 1 aliphatic heterocycles. The number of carbonyl (C=O) groups is 1. The van der Waals surface area contributed by atoms with Gasteiger partial charge in [-0.15, -0.1) is 0 Å². The highest BCUT2D eigenvalue weighted by molar-refractivity contribution is 7.59. The second kappa shape index (κ2) is 13.3. The minimum Gasteiger partial charge on any atom is -0.487 e. The Hall–Kier alpha value is -2.52. The molecule has 37 heavy (non-hydrogen) atoms. The molecular formula is C22H36F3N7O3S2. The highest BCUT2D eigenvalue weighted by Crippen LogP contribution is 2.35. The number of hydrogen-bond acceptors (Lipinski definition) is 9. The van der Waals surface area contributed by atoms with Crippen LogP contribution in [0.4, 0.5) is 30.6 Å². The smallest absolute Gasteiger partial charge is 0.451 e. The fourth-order valence-electron chi connectivity index (χ4n) is 3.86. The standard InChI is InChI=1S/C20H24F3N7O3.2CH4.2H2S/c1-9-14-16(30(3)15(10(2)32-4)17(31)28-14)29-19(26-9)27-11-5-12(6-11)33-13-7-24-18(25-8-13)20(21,22)23;;;;/h7-8,10-12,15H,5-6H2,1-4H3,(H,28,31)(H,26,27,29);2*1H4;2*1H2/t10-,11?,12?,15-;;;;/m0..../s1. The van der Waals surface area contributed by atoms with Crippen molar-refractivity contribution in [3.63, 3.8) is 0 Å². The minimum atomic E-state index is -4.59. The van der Waals surface area contributed by atoms with E-state index in [0.717, 1.165) is 12.4 Å². The summed E-state index contributed by atoms with van der Waals surface area (Å²) in [4.78, 5) is 29.9. The number of fused-ring (bicyclic) bond motifs is 1. The molecular weight excluding hydrogens is 531 g/mol. The van der Waals surface area contributed by atoms with Crippen molar-refractivity contribution < 1.29 is 27.4 Å². The zero-order chi connectivity index (χ0) is 23.9. The minimum absolute atomic E-state index is 0. The maximum atomic E-state index is 12.6. The zero-order valence-corrected chi connectivity index (χ0v) is 21.5. The van der Waals surface area contributed by atoms with Gasteiger partial charge in [0.15, 0.2) is 11.6 Å². The summed E-state index contributed by atoms with van der Waals surface area (Å²) >= 11 is 0. The molecule has 0 radical (unpaired) electrons. The maximum Gasteiger partial charge on any atom is 0.451 e. The second-order valence-corrected chi connectivity index (χ2v) is 8.11. The van der Waals surface area contributed by atoms with Gasteiger partial charge in [-0.25, -0.2) is 15.0 Å². The molecule has 1 amide bonds. The predicted molar refractivity (Wildman–Crippen MR) is 146 cm³/mol. The Morgan fingerprint density at radius 3 is 2.30 bits per heavy atom. The van der Waals surface area contributed by atoms with Crippen LogP contribution in [0.15, 0.2) is 12.4 Å². The number of aromatic nitrogens is 4. The largest absolute Gasteiger partial charge is 0.487 e. The van der Waals surface area contributed by atoms with Crippen molar-refractivity contribution in [1.82, 2.24) is 19.9 Å². The summed E-state index contributed by atoms with van der Waals surface area (Å²) in [5.41, 5.74) is 1.19. The highest BCUT2D eigenvalue weighted by Gasteiger charge is 2.38. The van der Waals surface area contributed by atoms with Crippen LogP contribution in [-0.2, 0) is 15.7 Å². The average Bonchev–Trinajstić information content (AvgIpc) is 2.72. The van der Waals surface area contributed by atoms with Gasteiger partial charge in [-0.1, -0.05) is 14.9 Å². The predicted octanol–water partition coefficient (Wildman–Crippen LogP) is 3.91. The van der Waals surface area contributed by atoms with Crippen LogP contribution in [0.5, 0.6) is 5.75 Å². The molecule has 210 valence electrons. The number of carbonyl (C=O) groups excluding carboxylic acids is 1. The van der Waals surface area contributed by atoms with Gasteiger partial charge in [0, 0.05) is 33.0 Å². The molecule has 0 bridgehead atoms. The van der Waals surface area contributed by atoms with Crippen molar-refractivity contribution in [2.45, 2.75) is 72.0 Å². The third kappa shape index (κ3) is 7.29. The summed E-state index contributed by atoms with van der Waals surface area (Å²) in [5.74, 6) is -0.195. The third-order valence-electron chi connectivity index (χ3n) is 5.77. The first-order valence-electron chi connectivity index (χ1n) is 10.3. The summed E-state index contributed by atoms with van der Waals surface area (Å²) in [6.45, 7) is 3.60. The van der Waals surface area contributed by atoms with Crippen molar-refractivity contribution >= 4 is 50.4 Å². The first-order chi connectivity index (χ1) is 15.6. The molecule has 2 aliphatic rings. The molecule has 0 unspecified atom stereocenters.